The van der Waals surface area contributed by atoms with Gasteiger partial charge in [0, 0.05) is 10.7 Å². The molecule has 0 radical (unpaired) electrons. The van der Waals surface area contributed by atoms with Crippen molar-refractivity contribution in [2.75, 3.05) is 11.1 Å². The fourth-order valence-corrected chi connectivity index (χ4v) is 2.92. The van der Waals surface area contributed by atoms with Crippen LogP contribution in [0.25, 0.3) is 11.4 Å². The molecule has 1 aromatic heterocycles. The second-order valence-electron chi connectivity index (χ2n) is 5.28. The number of H-pyrrole nitrogens is 1. The zero-order chi connectivity index (χ0) is 17.8. The molecule has 0 spiro atoms. The summed E-state index contributed by atoms with van der Waals surface area (Å²) in [6.45, 7) is 1.90. The number of halogens is 1. The third-order valence-electron chi connectivity index (χ3n) is 3.43. The smallest absolute Gasteiger partial charge is 0.234 e. The van der Waals surface area contributed by atoms with E-state index in [0.717, 1.165) is 5.56 Å². The summed E-state index contributed by atoms with van der Waals surface area (Å²) in [5, 5.41) is 20.5. The van der Waals surface area contributed by atoms with Gasteiger partial charge in [-0.25, -0.2) is 4.98 Å². The van der Waals surface area contributed by atoms with Crippen molar-refractivity contribution in [1.82, 2.24) is 15.2 Å². The van der Waals surface area contributed by atoms with Crippen molar-refractivity contribution in [3.63, 3.8) is 0 Å². The monoisotopic (exact) mass is 374 g/mol. The molecule has 0 aliphatic carbocycles. The number of carbonyl (C=O) groups is 1. The predicted octanol–water partition coefficient (Wildman–Crippen LogP) is 3.87. The van der Waals surface area contributed by atoms with Gasteiger partial charge in [-0.15, -0.1) is 5.10 Å². The molecular formula is C17H15ClN4O2S. The molecule has 1 heterocycles. The number of aromatic nitrogens is 3. The highest BCUT2D eigenvalue weighted by Crippen LogP contribution is 2.27. The molecule has 25 heavy (non-hydrogen) atoms. The topological polar surface area (TPSA) is 90.9 Å². The van der Waals surface area contributed by atoms with Gasteiger partial charge in [0.05, 0.1) is 11.3 Å². The van der Waals surface area contributed by atoms with Gasteiger partial charge in [0.15, 0.2) is 5.82 Å². The number of hydrogen-bond acceptors (Lipinski definition) is 5. The van der Waals surface area contributed by atoms with Gasteiger partial charge in [0.2, 0.25) is 11.1 Å². The summed E-state index contributed by atoms with van der Waals surface area (Å²) >= 11 is 7.14. The van der Waals surface area contributed by atoms with Gasteiger partial charge in [-0.1, -0.05) is 41.6 Å². The van der Waals surface area contributed by atoms with E-state index in [1.807, 2.05) is 13.0 Å². The number of nitrogens with one attached hydrogen (secondary N) is 2. The lowest BCUT2D eigenvalue weighted by molar-refractivity contribution is -0.113. The van der Waals surface area contributed by atoms with Crippen LogP contribution in [0.5, 0.6) is 5.75 Å². The molecule has 0 unspecified atom stereocenters. The van der Waals surface area contributed by atoms with Crippen molar-refractivity contribution >= 4 is 35.0 Å². The Morgan fingerprint density at radius 1 is 1.32 bits per heavy atom. The number of phenolic OH excluding ortho intramolecular Hbond substituents is 1. The molecule has 8 heteroatoms. The number of phenols is 1. The number of amides is 1. The predicted molar refractivity (Wildman–Crippen MR) is 99.0 cm³/mol. The Kier molecular flexibility index (Phi) is 5.25. The van der Waals surface area contributed by atoms with Crippen molar-refractivity contribution in [2.24, 2.45) is 0 Å². The second-order valence-corrected chi connectivity index (χ2v) is 6.66. The molecule has 3 rings (SSSR count). The first-order valence-electron chi connectivity index (χ1n) is 7.42. The van der Waals surface area contributed by atoms with E-state index in [1.54, 1.807) is 36.4 Å². The minimum Gasteiger partial charge on any atom is -0.507 e. The molecule has 0 bridgehead atoms. The van der Waals surface area contributed by atoms with E-state index in [1.165, 1.54) is 11.8 Å². The average molecular weight is 375 g/mol. The molecule has 2 aromatic carbocycles. The van der Waals surface area contributed by atoms with Crippen LogP contribution in [0.4, 0.5) is 5.69 Å². The van der Waals surface area contributed by atoms with Crippen LogP contribution in [0.15, 0.2) is 47.6 Å². The Labute approximate surface area is 153 Å². The van der Waals surface area contributed by atoms with Crippen molar-refractivity contribution in [3.8, 4) is 17.1 Å². The molecule has 0 saturated heterocycles. The van der Waals surface area contributed by atoms with Crippen LogP contribution in [0, 0.1) is 6.92 Å². The highest BCUT2D eigenvalue weighted by atomic mass is 35.5. The number of nitrogens with zero attached hydrogens (tertiary/aromatic N) is 2. The zero-order valence-corrected chi connectivity index (χ0v) is 14.9. The lowest BCUT2D eigenvalue weighted by atomic mass is 10.2. The number of para-hydroxylation sites is 1. The van der Waals surface area contributed by atoms with Crippen molar-refractivity contribution in [1.29, 1.82) is 0 Å². The van der Waals surface area contributed by atoms with E-state index >= 15 is 0 Å². The van der Waals surface area contributed by atoms with Crippen molar-refractivity contribution < 1.29 is 9.90 Å². The molecule has 0 atom stereocenters. The first kappa shape index (κ1) is 17.3. The van der Waals surface area contributed by atoms with Gasteiger partial charge in [0.1, 0.15) is 5.75 Å². The summed E-state index contributed by atoms with van der Waals surface area (Å²) in [4.78, 5) is 16.4. The van der Waals surface area contributed by atoms with E-state index in [4.69, 9.17) is 11.6 Å². The Balaban J connectivity index is 1.61. The maximum atomic E-state index is 12.1. The van der Waals surface area contributed by atoms with E-state index in [0.29, 0.717) is 27.3 Å². The number of benzene rings is 2. The van der Waals surface area contributed by atoms with E-state index < -0.39 is 0 Å². The zero-order valence-electron chi connectivity index (χ0n) is 13.3. The molecule has 0 saturated carbocycles. The molecule has 1 amide bonds. The Bertz CT molecular complexity index is 913. The van der Waals surface area contributed by atoms with Crippen LogP contribution in [0.2, 0.25) is 5.02 Å². The summed E-state index contributed by atoms with van der Waals surface area (Å²) in [5.74, 6) is 0.546. The average Bonchev–Trinajstić information content (AvgIpc) is 3.05. The molecule has 128 valence electrons. The SMILES string of the molecule is Cc1ccc(Cl)cc1NC(=O)CSc1n[nH]c(-c2ccccc2O)n1. The fraction of sp³-hybridized carbons (Fsp3) is 0.118. The number of aryl methyl sites for hydroxylation is 1. The van der Waals surface area contributed by atoms with Gasteiger partial charge < -0.3 is 10.4 Å². The maximum absolute atomic E-state index is 12.1. The Morgan fingerprint density at radius 3 is 2.92 bits per heavy atom. The second kappa shape index (κ2) is 7.58. The quantitative estimate of drug-likeness (QED) is 0.590. The Morgan fingerprint density at radius 2 is 2.12 bits per heavy atom. The van der Waals surface area contributed by atoms with Crippen LogP contribution in [-0.4, -0.2) is 31.9 Å². The van der Waals surface area contributed by atoms with Gasteiger partial charge in [-0.3, -0.25) is 9.89 Å². The lowest BCUT2D eigenvalue weighted by Gasteiger charge is -2.07. The molecule has 3 aromatic rings. The third kappa shape index (κ3) is 4.32. The molecular weight excluding hydrogens is 360 g/mol. The van der Waals surface area contributed by atoms with Crippen LogP contribution < -0.4 is 5.32 Å². The number of anilines is 1. The lowest BCUT2D eigenvalue weighted by Crippen LogP contribution is -2.14. The first-order chi connectivity index (χ1) is 12.0. The van der Waals surface area contributed by atoms with Gasteiger partial charge in [-0.2, -0.15) is 0 Å². The van der Waals surface area contributed by atoms with E-state index in [2.05, 4.69) is 20.5 Å². The summed E-state index contributed by atoms with van der Waals surface area (Å²) in [5.41, 5.74) is 2.17. The normalized spacial score (nSPS) is 10.6. The van der Waals surface area contributed by atoms with Crippen molar-refractivity contribution in [2.45, 2.75) is 12.1 Å². The van der Waals surface area contributed by atoms with E-state index in [-0.39, 0.29) is 17.4 Å². The molecule has 0 aliphatic rings. The summed E-state index contributed by atoms with van der Waals surface area (Å²) in [6.07, 6.45) is 0. The van der Waals surface area contributed by atoms with Crippen LogP contribution in [-0.2, 0) is 4.79 Å². The summed E-state index contributed by atoms with van der Waals surface area (Å²) < 4.78 is 0. The minimum absolute atomic E-state index is 0.115. The molecule has 6 nitrogen and oxygen atoms in total. The molecule has 0 aliphatic heterocycles. The summed E-state index contributed by atoms with van der Waals surface area (Å²) in [6, 6.07) is 12.2. The Hall–Kier alpha value is -2.51. The first-order valence-corrected chi connectivity index (χ1v) is 8.79. The number of aromatic amines is 1. The fourth-order valence-electron chi connectivity index (χ4n) is 2.15. The van der Waals surface area contributed by atoms with Crippen LogP contribution in [0.1, 0.15) is 5.56 Å². The number of rotatable bonds is 5. The number of hydrogen-bond donors (Lipinski definition) is 3. The van der Waals surface area contributed by atoms with Crippen LogP contribution in [0.3, 0.4) is 0 Å². The van der Waals surface area contributed by atoms with E-state index in [9.17, 15) is 9.90 Å². The van der Waals surface area contributed by atoms with Gasteiger partial charge in [0.25, 0.3) is 0 Å². The highest BCUT2D eigenvalue weighted by molar-refractivity contribution is 7.99. The molecule has 0 fully saturated rings. The minimum atomic E-state index is -0.177. The standard InChI is InChI=1S/C17H15ClN4O2S/c1-10-6-7-11(18)8-13(10)19-15(24)9-25-17-20-16(21-22-17)12-4-2-3-5-14(12)23/h2-8,23H,9H2,1H3,(H,19,24)(H,20,21,22). The number of thioether (sulfide) groups is 1. The number of carbonyl (C=O) groups excluding carboxylic acids is 1. The molecule has 3 N–H and O–H groups in total. The maximum Gasteiger partial charge on any atom is 0.234 e. The van der Waals surface area contributed by atoms with Crippen LogP contribution >= 0.6 is 23.4 Å². The summed E-state index contributed by atoms with van der Waals surface area (Å²) in [7, 11) is 0. The third-order valence-corrected chi connectivity index (χ3v) is 4.51. The van der Waals surface area contributed by atoms with Gasteiger partial charge >= 0.3 is 0 Å². The van der Waals surface area contributed by atoms with Crippen molar-refractivity contribution in [3.05, 3.63) is 53.1 Å². The number of aromatic hydroxyl groups is 1. The highest BCUT2D eigenvalue weighted by Gasteiger charge is 2.12. The largest absolute Gasteiger partial charge is 0.507 e. The van der Waals surface area contributed by atoms with Gasteiger partial charge in [-0.05, 0) is 36.8 Å².